The number of hydrogen-bond acceptors (Lipinski definition) is 4. The molecule has 0 aliphatic heterocycles. The summed E-state index contributed by atoms with van der Waals surface area (Å²) in [5.41, 5.74) is 3.52. The molecule has 0 spiro atoms. The number of aromatic nitrogens is 2. The number of para-hydroxylation sites is 1. The van der Waals surface area contributed by atoms with E-state index in [0.29, 0.717) is 24.5 Å². The Labute approximate surface area is 159 Å². The Kier molecular flexibility index (Phi) is 5.35. The molecule has 2 aromatic heterocycles. The van der Waals surface area contributed by atoms with Gasteiger partial charge in [-0.15, -0.1) is 0 Å². The van der Waals surface area contributed by atoms with Crippen molar-refractivity contribution in [1.82, 2.24) is 14.6 Å². The van der Waals surface area contributed by atoms with Crippen LogP contribution in [-0.2, 0) is 0 Å². The maximum absolute atomic E-state index is 12.9. The van der Waals surface area contributed by atoms with E-state index in [-0.39, 0.29) is 5.91 Å². The minimum atomic E-state index is -0.0389. The first kappa shape index (κ1) is 18.8. The van der Waals surface area contributed by atoms with Crippen molar-refractivity contribution in [2.45, 2.75) is 27.7 Å². The van der Waals surface area contributed by atoms with Crippen LogP contribution in [0.25, 0.3) is 5.82 Å². The first-order valence-corrected chi connectivity index (χ1v) is 8.95. The van der Waals surface area contributed by atoms with E-state index in [0.717, 1.165) is 28.5 Å². The summed E-state index contributed by atoms with van der Waals surface area (Å²) in [6.07, 6.45) is 0. The molecular weight excluding hydrogens is 342 g/mol. The molecule has 0 aliphatic carbocycles. The van der Waals surface area contributed by atoms with Gasteiger partial charge in [0.25, 0.3) is 5.91 Å². The molecule has 1 aromatic carbocycles. The Hall–Kier alpha value is -3.02. The number of benzene rings is 1. The van der Waals surface area contributed by atoms with Gasteiger partial charge in [0.15, 0.2) is 5.82 Å². The summed E-state index contributed by atoms with van der Waals surface area (Å²) < 4.78 is 12.9. The molecule has 0 fully saturated rings. The fourth-order valence-electron chi connectivity index (χ4n) is 3.11. The summed E-state index contributed by atoms with van der Waals surface area (Å²) in [5, 5.41) is 4.06. The molecule has 2 heterocycles. The van der Waals surface area contributed by atoms with Crippen LogP contribution in [0, 0.1) is 27.7 Å². The van der Waals surface area contributed by atoms with Crippen molar-refractivity contribution in [2.24, 2.45) is 0 Å². The topological polar surface area (TPSA) is 60.5 Å². The Balaban J connectivity index is 1.69. The molecule has 3 rings (SSSR count). The van der Waals surface area contributed by atoms with E-state index in [1.54, 1.807) is 11.9 Å². The third-order valence-electron chi connectivity index (χ3n) is 4.63. The Bertz CT molecular complexity index is 955. The van der Waals surface area contributed by atoms with Crippen molar-refractivity contribution >= 4 is 5.91 Å². The number of likely N-dealkylation sites (N-methyl/N-ethyl adjacent to an activating group) is 1. The monoisotopic (exact) mass is 367 g/mol. The first-order valence-electron chi connectivity index (χ1n) is 8.95. The predicted molar refractivity (Wildman–Crippen MR) is 104 cm³/mol. The highest BCUT2D eigenvalue weighted by atomic mass is 16.5. The molecule has 0 aliphatic rings. The zero-order valence-corrected chi connectivity index (χ0v) is 16.4. The number of carbonyl (C=O) groups is 1. The van der Waals surface area contributed by atoms with Gasteiger partial charge in [-0.05, 0) is 45.4 Å². The van der Waals surface area contributed by atoms with E-state index < -0.39 is 0 Å². The van der Waals surface area contributed by atoms with Crippen LogP contribution in [0.4, 0.5) is 0 Å². The number of hydrogen-bond donors (Lipinski definition) is 0. The highest BCUT2D eigenvalue weighted by molar-refractivity contribution is 5.95. The highest BCUT2D eigenvalue weighted by Crippen LogP contribution is 2.22. The fourth-order valence-corrected chi connectivity index (χ4v) is 3.11. The molecule has 6 nitrogen and oxygen atoms in total. The lowest BCUT2D eigenvalue weighted by Gasteiger charge is -2.18. The van der Waals surface area contributed by atoms with Gasteiger partial charge in [0.2, 0.25) is 0 Å². The normalized spacial score (nSPS) is 10.9. The van der Waals surface area contributed by atoms with Crippen LogP contribution in [0.3, 0.4) is 0 Å². The van der Waals surface area contributed by atoms with Gasteiger partial charge in [-0.2, -0.15) is 0 Å². The summed E-state index contributed by atoms with van der Waals surface area (Å²) in [6, 6.07) is 11.6. The molecule has 0 N–H and O–H groups in total. The fraction of sp³-hybridized carbons (Fsp3) is 0.333. The SMILES string of the molecule is Cc1cc(-n2c(C)cc(C(=O)N(C)CCOc3ccccc3C)c2C)no1. The van der Waals surface area contributed by atoms with Crippen LogP contribution in [0.2, 0.25) is 0 Å². The maximum atomic E-state index is 12.9. The van der Waals surface area contributed by atoms with E-state index in [4.69, 9.17) is 9.26 Å². The average Bonchev–Trinajstić information content (AvgIpc) is 3.18. The van der Waals surface area contributed by atoms with Gasteiger partial charge in [0.1, 0.15) is 18.1 Å². The molecule has 0 saturated carbocycles. The Morgan fingerprint density at radius 2 is 1.93 bits per heavy atom. The molecular formula is C21H25N3O3. The molecule has 1 amide bonds. The lowest BCUT2D eigenvalue weighted by molar-refractivity contribution is 0.0773. The Morgan fingerprint density at radius 3 is 2.59 bits per heavy atom. The summed E-state index contributed by atoms with van der Waals surface area (Å²) in [5.74, 6) is 2.23. The van der Waals surface area contributed by atoms with Crippen LogP contribution in [0.5, 0.6) is 5.75 Å². The molecule has 0 bridgehead atoms. The van der Waals surface area contributed by atoms with Gasteiger partial charge >= 0.3 is 0 Å². The third kappa shape index (κ3) is 3.89. The quantitative estimate of drug-likeness (QED) is 0.664. The number of rotatable bonds is 6. The summed E-state index contributed by atoms with van der Waals surface area (Å²) in [7, 11) is 1.79. The second-order valence-corrected chi connectivity index (χ2v) is 6.76. The van der Waals surface area contributed by atoms with E-state index in [1.165, 1.54) is 0 Å². The first-order chi connectivity index (χ1) is 12.9. The van der Waals surface area contributed by atoms with Gasteiger partial charge in [0, 0.05) is 24.5 Å². The van der Waals surface area contributed by atoms with Crippen LogP contribution in [0.1, 0.15) is 33.1 Å². The van der Waals surface area contributed by atoms with Gasteiger partial charge in [-0.25, -0.2) is 0 Å². The highest BCUT2D eigenvalue weighted by Gasteiger charge is 2.21. The number of carbonyl (C=O) groups excluding carboxylic acids is 1. The second-order valence-electron chi connectivity index (χ2n) is 6.76. The van der Waals surface area contributed by atoms with Crippen molar-refractivity contribution in [3.05, 3.63) is 64.7 Å². The molecule has 142 valence electrons. The van der Waals surface area contributed by atoms with Crippen molar-refractivity contribution in [3.63, 3.8) is 0 Å². The van der Waals surface area contributed by atoms with E-state index >= 15 is 0 Å². The van der Waals surface area contributed by atoms with Crippen molar-refractivity contribution in [2.75, 3.05) is 20.2 Å². The number of ether oxygens (including phenoxy) is 1. The van der Waals surface area contributed by atoms with E-state index in [9.17, 15) is 4.79 Å². The number of amides is 1. The van der Waals surface area contributed by atoms with Crippen LogP contribution in [-0.4, -0.2) is 40.7 Å². The van der Waals surface area contributed by atoms with Gasteiger partial charge in [-0.3, -0.25) is 9.36 Å². The summed E-state index contributed by atoms with van der Waals surface area (Å²) in [4.78, 5) is 14.6. The molecule has 0 atom stereocenters. The molecule has 6 heteroatoms. The molecule has 0 radical (unpaired) electrons. The molecule has 0 unspecified atom stereocenters. The zero-order valence-electron chi connectivity index (χ0n) is 16.4. The van der Waals surface area contributed by atoms with E-state index in [2.05, 4.69) is 5.16 Å². The van der Waals surface area contributed by atoms with Gasteiger partial charge in [-0.1, -0.05) is 23.4 Å². The molecule has 0 saturated heterocycles. The Morgan fingerprint density at radius 1 is 1.19 bits per heavy atom. The summed E-state index contributed by atoms with van der Waals surface area (Å²) >= 11 is 0. The van der Waals surface area contributed by atoms with Gasteiger partial charge in [0.05, 0.1) is 12.1 Å². The minimum absolute atomic E-state index is 0.0389. The lowest BCUT2D eigenvalue weighted by Crippen LogP contribution is -2.31. The predicted octanol–water partition coefficient (Wildman–Crippen LogP) is 3.85. The van der Waals surface area contributed by atoms with Crippen LogP contribution in [0.15, 0.2) is 40.9 Å². The van der Waals surface area contributed by atoms with Crippen molar-refractivity contribution < 1.29 is 14.1 Å². The second kappa shape index (κ2) is 7.70. The lowest BCUT2D eigenvalue weighted by atomic mass is 10.2. The van der Waals surface area contributed by atoms with Crippen LogP contribution < -0.4 is 4.74 Å². The number of aryl methyl sites for hydroxylation is 3. The average molecular weight is 367 g/mol. The molecule has 3 aromatic rings. The zero-order chi connectivity index (χ0) is 19.6. The minimum Gasteiger partial charge on any atom is -0.491 e. The standard InChI is InChI=1S/C21H25N3O3/c1-14-8-6-7-9-19(14)26-11-10-23(5)21(25)18-12-15(2)24(17(18)4)20-13-16(3)27-22-20/h6-9,12-13H,10-11H2,1-5H3. The maximum Gasteiger partial charge on any atom is 0.255 e. The number of nitrogens with zero attached hydrogens (tertiary/aromatic N) is 3. The van der Waals surface area contributed by atoms with Gasteiger partial charge < -0.3 is 14.2 Å². The smallest absolute Gasteiger partial charge is 0.255 e. The molecule has 27 heavy (non-hydrogen) atoms. The van der Waals surface area contributed by atoms with Crippen LogP contribution >= 0.6 is 0 Å². The largest absolute Gasteiger partial charge is 0.491 e. The summed E-state index contributed by atoms with van der Waals surface area (Å²) in [6.45, 7) is 8.66. The van der Waals surface area contributed by atoms with Crippen molar-refractivity contribution in [1.29, 1.82) is 0 Å². The van der Waals surface area contributed by atoms with E-state index in [1.807, 2.05) is 68.7 Å². The van der Waals surface area contributed by atoms with Crippen molar-refractivity contribution in [3.8, 4) is 11.6 Å². The third-order valence-corrected chi connectivity index (χ3v) is 4.63.